The van der Waals surface area contributed by atoms with Crippen LogP contribution in [-0.2, 0) is 18.5 Å². The van der Waals surface area contributed by atoms with Crippen molar-refractivity contribution < 1.29 is 31.5 Å². The highest BCUT2D eigenvalue weighted by Gasteiger charge is 2.24. The summed E-state index contributed by atoms with van der Waals surface area (Å²) in [6.45, 7) is 3.74. The van der Waals surface area contributed by atoms with Crippen LogP contribution < -0.4 is 0 Å². The van der Waals surface area contributed by atoms with Crippen LogP contribution in [0.1, 0.15) is 24.2 Å². The first-order valence-corrected chi connectivity index (χ1v) is 8.20. The van der Waals surface area contributed by atoms with Gasteiger partial charge < -0.3 is 9.47 Å². The molecule has 0 saturated carbocycles. The Morgan fingerprint density at radius 1 is 1.33 bits per heavy atom. The Balaban J connectivity index is 3.05. The molecule has 21 heavy (non-hydrogen) atoms. The average Bonchev–Trinajstić information content (AvgIpc) is 2.34. The summed E-state index contributed by atoms with van der Waals surface area (Å²) in [6, 6.07) is 0.766. The van der Waals surface area contributed by atoms with Crippen molar-refractivity contribution in [2.24, 2.45) is 0 Å². The maximum absolute atomic E-state index is 13.6. The van der Waals surface area contributed by atoms with Crippen molar-refractivity contribution in [1.29, 1.82) is 0 Å². The predicted octanol–water partition coefficient (Wildman–Crippen LogP) is 2.47. The molecule has 0 spiro atoms. The number of ether oxygens (including phenoxy) is 2. The normalized spacial score (nSPS) is 13.0. The van der Waals surface area contributed by atoms with Crippen molar-refractivity contribution in [2.75, 3.05) is 13.2 Å². The fourth-order valence-electron chi connectivity index (χ4n) is 1.44. The van der Waals surface area contributed by atoms with Crippen LogP contribution in [0.5, 0.6) is 0 Å². The summed E-state index contributed by atoms with van der Waals surface area (Å²) in [4.78, 5) is 10.8. The zero-order valence-corrected chi connectivity index (χ0v) is 12.8. The third-order valence-corrected chi connectivity index (χ3v) is 3.71. The van der Waals surface area contributed by atoms with Gasteiger partial charge in [0, 0.05) is 23.4 Å². The lowest BCUT2D eigenvalue weighted by Gasteiger charge is -2.13. The van der Waals surface area contributed by atoms with E-state index in [1.807, 2.05) is 0 Å². The van der Waals surface area contributed by atoms with Crippen LogP contribution in [0.15, 0.2) is 17.0 Å². The number of benzene rings is 1. The van der Waals surface area contributed by atoms with Crippen molar-refractivity contribution in [1.82, 2.24) is 0 Å². The summed E-state index contributed by atoms with van der Waals surface area (Å²) < 4.78 is 59.0. The van der Waals surface area contributed by atoms with Gasteiger partial charge in [0.2, 0.25) is 0 Å². The van der Waals surface area contributed by atoms with Crippen LogP contribution >= 0.6 is 10.7 Å². The van der Waals surface area contributed by atoms with Gasteiger partial charge in [0.05, 0.1) is 12.2 Å². The minimum Gasteiger partial charge on any atom is -0.457 e. The predicted molar refractivity (Wildman–Crippen MR) is 70.8 cm³/mol. The molecule has 0 radical (unpaired) electrons. The van der Waals surface area contributed by atoms with Crippen LogP contribution in [-0.4, -0.2) is 33.7 Å². The molecule has 0 aliphatic rings. The Kier molecular flexibility index (Phi) is 6.06. The van der Waals surface area contributed by atoms with Gasteiger partial charge in [-0.15, -0.1) is 0 Å². The van der Waals surface area contributed by atoms with Crippen LogP contribution in [0.4, 0.5) is 8.78 Å². The fourth-order valence-corrected chi connectivity index (χ4v) is 2.34. The molecule has 118 valence electrons. The van der Waals surface area contributed by atoms with Gasteiger partial charge >= 0.3 is 5.97 Å². The zero-order valence-electron chi connectivity index (χ0n) is 11.2. The molecular weight excluding hydrogens is 330 g/mol. The number of carbonyl (C=O) groups is 1. The largest absolute Gasteiger partial charge is 0.457 e. The van der Waals surface area contributed by atoms with E-state index in [1.165, 1.54) is 6.92 Å². The molecule has 5 nitrogen and oxygen atoms in total. The molecule has 1 aromatic rings. The Bertz CT molecular complexity index is 633. The molecule has 0 amide bonds. The maximum Gasteiger partial charge on any atom is 0.341 e. The van der Waals surface area contributed by atoms with Crippen LogP contribution in [0, 0.1) is 11.6 Å². The number of carbonyl (C=O) groups excluding carboxylic acids is 1. The Morgan fingerprint density at radius 3 is 2.48 bits per heavy atom. The highest BCUT2D eigenvalue weighted by Crippen LogP contribution is 2.23. The Labute approximate surface area is 125 Å². The van der Waals surface area contributed by atoms with Crippen LogP contribution in [0.3, 0.4) is 0 Å². The topological polar surface area (TPSA) is 69.7 Å². The molecule has 1 aromatic carbocycles. The van der Waals surface area contributed by atoms with Gasteiger partial charge in [-0.3, -0.25) is 0 Å². The third-order valence-electron chi connectivity index (χ3n) is 2.37. The first-order valence-electron chi connectivity index (χ1n) is 5.89. The van der Waals surface area contributed by atoms with Crippen molar-refractivity contribution in [3.8, 4) is 0 Å². The first-order chi connectivity index (χ1) is 9.66. The molecule has 1 rings (SSSR count). The standard InChI is InChI=1S/C12H13ClF2O5S/c1-3-19-6-7(2)20-12(16)8-4-11(21(13,17)18)10(15)5-9(8)14/h4-5,7H,3,6H2,1-2H3. The second-order valence-electron chi connectivity index (χ2n) is 4.08. The SMILES string of the molecule is CCOCC(C)OC(=O)c1cc(S(=O)(=O)Cl)c(F)cc1F. The minimum absolute atomic E-state index is 0.0890. The van der Waals surface area contributed by atoms with Crippen molar-refractivity contribution in [3.63, 3.8) is 0 Å². The molecule has 0 bridgehead atoms. The van der Waals surface area contributed by atoms with Crippen LogP contribution in [0.2, 0.25) is 0 Å². The van der Waals surface area contributed by atoms with E-state index in [0.29, 0.717) is 12.7 Å². The minimum atomic E-state index is -4.45. The summed E-state index contributed by atoms with van der Waals surface area (Å²) in [6.07, 6.45) is -0.682. The molecule has 0 aliphatic carbocycles. The molecule has 0 saturated heterocycles. The van der Waals surface area contributed by atoms with Gasteiger partial charge in [-0.1, -0.05) is 0 Å². The summed E-state index contributed by atoms with van der Waals surface area (Å²) in [5.41, 5.74) is -0.723. The lowest BCUT2D eigenvalue weighted by molar-refractivity contribution is 0.00397. The van der Waals surface area contributed by atoms with Gasteiger partial charge in [-0.25, -0.2) is 22.0 Å². The lowest BCUT2D eigenvalue weighted by Crippen LogP contribution is -2.21. The third kappa shape index (κ3) is 4.90. The lowest BCUT2D eigenvalue weighted by atomic mass is 10.2. The molecular formula is C12H13ClF2O5S. The van der Waals surface area contributed by atoms with E-state index in [4.69, 9.17) is 20.2 Å². The van der Waals surface area contributed by atoms with E-state index < -0.39 is 43.2 Å². The maximum atomic E-state index is 13.6. The summed E-state index contributed by atoms with van der Waals surface area (Å²) in [7, 11) is 0.554. The summed E-state index contributed by atoms with van der Waals surface area (Å²) in [5, 5.41) is 0. The first kappa shape index (κ1) is 17.8. The zero-order chi connectivity index (χ0) is 16.2. The molecule has 1 unspecified atom stereocenters. The number of rotatable bonds is 6. The molecule has 0 aromatic heterocycles. The highest BCUT2D eigenvalue weighted by atomic mass is 35.7. The van der Waals surface area contributed by atoms with Crippen molar-refractivity contribution in [3.05, 3.63) is 29.3 Å². The molecule has 9 heteroatoms. The van der Waals surface area contributed by atoms with Gasteiger partial charge in [0.15, 0.2) is 0 Å². The van der Waals surface area contributed by atoms with E-state index in [-0.39, 0.29) is 12.7 Å². The molecule has 0 fully saturated rings. The Morgan fingerprint density at radius 2 is 1.95 bits per heavy atom. The van der Waals surface area contributed by atoms with Gasteiger partial charge in [-0.05, 0) is 19.9 Å². The molecule has 0 N–H and O–H groups in total. The van der Waals surface area contributed by atoms with E-state index in [2.05, 4.69) is 0 Å². The van der Waals surface area contributed by atoms with Crippen molar-refractivity contribution >= 4 is 25.7 Å². The van der Waals surface area contributed by atoms with E-state index in [0.717, 1.165) is 0 Å². The number of hydrogen-bond donors (Lipinski definition) is 0. The second kappa shape index (κ2) is 7.15. The monoisotopic (exact) mass is 342 g/mol. The van der Waals surface area contributed by atoms with Gasteiger partial charge in [0.1, 0.15) is 22.6 Å². The number of halogens is 3. The highest BCUT2D eigenvalue weighted by molar-refractivity contribution is 8.13. The summed E-state index contributed by atoms with van der Waals surface area (Å²) >= 11 is 0. The summed E-state index contributed by atoms with van der Waals surface area (Å²) in [5.74, 6) is -3.77. The van der Waals surface area contributed by atoms with Crippen molar-refractivity contribution in [2.45, 2.75) is 24.8 Å². The molecule has 1 atom stereocenters. The average molecular weight is 343 g/mol. The smallest absolute Gasteiger partial charge is 0.341 e. The van der Waals surface area contributed by atoms with E-state index in [9.17, 15) is 22.0 Å². The van der Waals surface area contributed by atoms with E-state index in [1.54, 1.807) is 6.92 Å². The van der Waals surface area contributed by atoms with E-state index >= 15 is 0 Å². The quantitative estimate of drug-likeness (QED) is 0.586. The molecule has 0 heterocycles. The fraction of sp³-hybridized carbons (Fsp3) is 0.417. The van der Waals surface area contributed by atoms with Gasteiger partial charge in [-0.2, -0.15) is 0 Å². The van der Waals surface area contributed by atoms with Crippen LogP contribution in [0.25, 0.3) is 0 Å². The number of hydrogen-bond acceptors (Lipinski definition) is 5. The number of esters is 1. The Hall–Kier alpha value is -1.25. The second-order valence-corrected chi connectivity index (χ2v) is 6.61. The van der Waals surface area contributed by atoms with Gasteiger partial charge in [0.25, 0.3) is 9.05 Å². The molecule has 0 aliphatic heterocycles.